The van der Waals surface area contributed by atoms with Gasteiger partial charge in [-0.25, -0.2) is 9.97 Å². The van der Waals surface area contributed by atoms with E-state index in [0.717, 1.165) is 17.5 Å². The largest absolute Gasteiger partial charge is 0.379 e. The lowest BCUT2D eigenvalue weighted by molar-refractivity contribution is 0.0518. The van der Waals surface area contributed by atoms with E-state index in [0.29, 0.717) is 12.1 Å². The van der Waals surface area contributed by atoms with Crippen LogP contribution in [-0.4, -0.2) is 40.0 Å². The molecule has 4 heteroatoms. The minimum Gasteiger partial charge on any atom is -0.379 e. The van der Waals surface area contributed by atoms with Crippen molar-refractivity contribution in [2.45, 2.75) is 45.2 Å². The summed E-state index contributed by atoms with van der Waals surface area (Å²) in [7, 11) is 0. The van der Waals surface area contributed by atoms with E-state index in [4.69, 9.17) is 0 Å². The molecule has 2 bridgehead atoms. The second kappa shape index (κ2) is 5.45. The predicted octanol–water partition coefficient (Wildman–Crippen LogP) is 2.40. The number of hydrogen-bond acceptors (Lipinski definition) is 4. The molecule has 2 aliphatic rings. The third kappa shape index (κ3) is 2.73. The van der Waals surface area contributed by atoms with Gasteiger partial charge in [-0.3, -0.25) is 0 Å². The molecule has 4 nitrogen and oxygen atoms in total. The van der Waals surface area contributed by atoms with Crippen LogP contribution in [0, 0.1) is 11.8 Å². The Bertz CT molecular complexity index is 392. The average Bonchev–Trinajstić information content (AvgIpc) is 2.39. The number of fused-ring (bicyclic) bond motifs is 2. The molecule has 3 rings (SSSR count). The van der Waals surface area contributed by atoms with Gasteiger partial charge in [0, 0.05) is 25.2 Å². The smallest absolute Gasteiger partial charge is 0.115 e. The van der Waals surface area contributed by atoms with Crippen molar-refractivity contribution in [1.82, 2.24) is 14.9 Å². The van der Waals surface area contributed by atoms with Crippen LogP contribution in [0.2, 0.25) is 0 Å². The standard InChI is InChI=1S/C15H24N4/c1-11(2)19-8-12-4-3-5-13(9-19)15(12)18-14-6-16-10-17-7-14/h6-7,10-13,15,18H,3-5,8-9H2,1-2H3. The lowest BCUT2D eigenvalue weighted by Crippen LogP contribution is -2.56. The van der Waals surface area contributed by atoms with Gasteiger partial charge in [0.2, 0.25) is 0 Å². The fraction of sp³-hybridized carbons (Fsp3) is 0.733. The molecular weight excluding hydrogens is 236 g/mol. The fourth-order valence-corrected chi connectivity index (χ4v) is 3.70. The van der Waals surface area contributed by atoms with Crippen molar-refractivity contribution in [2.24, 2.45) is 11.8 Å². The summed E-state index contributed by atoms with van der Waals surface area (Å²) in [5.41, 5.74) is 1.07. The number of anilines is 1. The molecule has 1 saturated heterocycles. The first kappa shape index (κ1) is 12.9. The molecule has 0 aromatic carbocycles. The van der Waals surface area contributed by atoms with Gasteiger partial charge in [0.1, 0.15) is 6.33 Å². The first-order chi connectivity index (χ1) is 9.24. The maximum absolute atomic E-state index is 4.10. The minimum atomic E-state index is 0.606. The molecule has 1 aromatic heterocycles. The highest BCUT2D eigenvalue weighted by molar-refractivity contribution is 5.39. The van der Waals surface area contributed by atoms with E-state index in [9.17, 15) is 0 Å². The molecule has 0 spiro atoms. The molecular formula is C15H24N4. The predicted molar refractivity (Wildman–Crippen MR) is 77.0 cm³/mol. The Hall–Kier alpha value is -1.16. The van der Waals surface area contributed by atoms with Crippen LogP contribution in [0.5, 0.6) is 0 Å². The molecule has 0 amide bonds. The lowest BCUT2D eigenvalue weighted by Gasteiger charge is -2.49. The highest BCUT2D eigenvalue weighted by Crippen LogP contribution is 2.37. The Balaban J connectivity index is 1.72. The summed E-state index contributed by atoms with van der Waals surface area (Å²) >= 11 is 0. The second-order valence-corrected chi connectivity index (χ2v) is 6.30. The van der Waals surface area contributed by atoms with Crippen LogP contribution < -0.4 is 5.32 Å². The average molecular weight is 260 g/mol. The maximum Gasteiger partial charge on any atom is 0.115 e. The van der Waals surface area contributed by atoms with Crippen LogP contribution in [0.3, 0.4) is 0 Å². The van der Waals surface area contributed by atoms with E-state index >= 15 is 0 Å². The van der Waals surface area contributed by atoms with Gasteiger partial charge in [-0.1, -0.05) is 6.42 Å². The van der Waals surface area contributed by atoms with Crippen molar-refractivity contribution < 1.29 is 0 Å². The summed E-state index contributed by atoms with van der Waals surface area (Å²) in [6.45, 7) is 7.10. The highest BCUT2D eigenvalue weighted by atomic mass is 15.2. The van der Waals surface area contributed by atoms with E-state index in [-0.39, 0.29) is 0 Å². The summed E-state index contributed by atoms with van der Waals surface area (Å²) in [6, 6.07) is 1.28. The number of aromatic nitrogens is 2. The summed E-state index contributed by atoms with van der Waals surface area (Å²) < 4.78 is 0. The van der Waals surface area contributed by atoms with Crippen LogP contribution in [0.4, 0.5) is 5.69 Å². The van der Waals surface area contributed by atoms with Crippen LogP contribution in [0.25, 0.3) is 0 Å². The zero-order chi connectivity index (χ0) is 13.2. The van der Waals surface area contributed by atoms with Gasteiger partial charge in [-0.15, -0.1) is 0 Å². The molecule has 2 fully saturated rings. The van der Waals surface area contributed by atoms with Crippen molar-refractivity contribution in [2.75, 3.05) is 18.4 Å². The van der Waals surface area contributed by atoms with E-state index < -0.39 is 0 Å². The zero-order valence-electron chi connectivity index (χ0n) is 11.9. The summed E-state index contributed by atoms with van der Waals surface area (Å²) in [5, 5.41) is 3.69. The van der Waals surface area contributed by atoms with Crippen LogP contribution in [-0.2, 0) is 0 Å². The maximum atomic E-state index is 4.10. The number of hydrogen-bond donors (Lipinski definition) is 1. The first-order valence-electron chi connectivity index (χ1n) is 7.49. The molecule has 2 heterocycles. The van der Waals surface area contributed by atoms with Crippen molar-refractivity contribution in [3.8, 4) is 0 Å². The van der Waals surface area contributed by atoms with Gasteiger partial charge in [0.15, 0.2) is 0 Å². The molecule has 1 aliphatic heterocycles. The number of nitrogens with zero attached hydrogens (tertiary/aromatic N) is 3. The molecule has 104 valence electrons. The van der Waals surface area contributed by atoms with Crippen LogP contribution in [0.15, 0.2) is 18.7 Å². The molecule has 1 aromatic rings. The minimum absolute atomic E-state index is 0.606. The van der Waals surface area contributed by atoms with Crippen molar-refractivity contribution in [1.29, 1.82) is 0 Å². The second-order valence-electron chi connectivity index (χ2n) is 6.30. The van der Waals surface area contributed by atoms with Gasteiger partial charge >= 0.3 is 0 Å². The number of piperidine rings is 1. The molecule has 2 atom stereocenters. The van der Waals surface area contributed by atoms with E-state index in [1.54, 1.807) is 6.33 Å². The molecule has 2 unspecified atom stereocenters. The van der Waals surface area contributed by atoms with Crippen molar-refractivity contribution in [3.63, 3.8) is 0 Å². The number of nitrogens with one attached hydrogen (secondary N) is 1. The normalized spacial score (nSPS) is 31.4. The van der Waals surface area contributed by atoms with Gasteiger partial charge in [-0.2, -0.15) is 0 Å². The molecule has 1 N–H and O–H groups in total. The molecule has 19 heavy (non-hydrogen) atoms. The molecule has 0 radical (unpaired) electrons. The Morgan fingerprint density at radius 2 is 1.79 bits per heavy atom. The van der Waals surface area contributed by atoms with Crippen molar-refractivity contribution in [3.05, 3.63) is 18.7 Å². The Labute approximate surface area is 115 Å². The van der Waals surface area contributed by atoms with Gasteiger partial charge in [0.05, 0.1) is 18.1 Å². The Morgan fingerprint density at radius 1 is 1.16 bits per heavy atom. The first-order valence-corrected chi connectivity index (χ1v) is 7.49. The van der Waals surface area contributed by atoms with Crippen LogP contribution >= 0.6 is 0 Å². The molecule has 1 aliphatic carbocycles. The lowest BCUT2D eigenvalue weighted by atomic mass is 9.73. The third-order valence-corrected chi connectivity index (χ3v) is 4.73. The van der Waals surface area contributed by atoms with Crippen molar-refractivity contribution >= 4 is 5.69 Å². The Kier molecular flexibility index (Phi) is 3.69. The number of rotatable bonds is 3. The number of likely N-dealkylation sites (tertiary alicyclic amines) is 1. The Morgan fingerprint density at radius 3 is 2.37 bits per heavy atom. The van der Waals surface area contributed by atoms with Gasteiger partial charge in [-0.05, 0) is 38.5 Å². The van der Waals surface area contributed by atoms with Gasteiger partial charge < -0.3 is 10.2 Å². The SMILES string of the molecule is CC(C)N1CC2CCCC(C1)C2Nc1cncnc1. The fourth-order valence-electron chi connectivity index (χ4n) is 3.70. The quantitative estimate of drug-likeness (QED) is 0.906. The van der Waals surface area contributed by atoms with E-state index in [1.165, 1.54) is 32.4 Å². The monoisotopic (exact) mass is 260 g/mol. The summed E-state index contributed by atoms with van der Waals surface area (Å²) in [4.78, 5) is 10.9. The summed E-state index contributed by atoms with van der Waals surface area (Å²) in [6.07, 6.45) is 9.46. The van der Waals surface area contributed by atoms with Crippen LogP contribution in [0.1, 0.15) is 33.1 Å². The van der Waals surface area contributed by atoms with E-state index in [1.807, 2.05) is 12.4 Å². The highest BCUT2D eigenvalue weighted by Gasteiger charge is 2.39. The summed E-state index contributed by atoms with van der Waals surface area (Å²) in [5.74, 6) is 1.55. The topological polar surface area (TPSA) is 41.0 Å². The molecule has 1 saturated carbocycles. The third-order valence-electron chi connectivity index (χ3n) is 4.73. The van der Waals surface area contributed by atoms with E-state index in [2.05, 4.69) is 34.0 Å². The van der Waals surface area contributed by atoms with Gasteiger partial charge in [0.25, 0.3) is 0 Å². The zero-order valence-corrected chi connectivity index (χ0v) is 11.9.